The highest BCUT2D eigenvalue weighted by Crippen LogP contribution is 2.38. The van der Waals surface area contributed by atoms with E-state index in [9.17, 15) is 5.26 Å². The number of nitriles is 1. The van der Waals surface area contributed by atoms with Gasteiger partial charge in [0.2, 0.25) is 0 Å². The van der Waals surface area contributed by atoms with Crippen molar-refractivity contribution in [2.24, 2.45) is 12.5 Å². The summed E-state index contributed by atoms with van der Waals surface area (Å²) < 4.78 is 5.52. The van der Waals surface area contributed by atoms with Crippen LogP contribution in [0.4, 0.5) is 0 Å². The smallest absolute Gasteiger partial charge is 0.110 e. The Balaban J connectivity index is 1.47. The summed E-state index contributed by atoms with van der Waals surface area (Å²) in [5.74, 6) is 0. The molecule has 4 aromatic heterocycles. The van der Waals surface area contributed by atoms with E-state index in [0.29, 0.717) is 6.42 Å². The number of likely N-dealkylation sites (tertiary alicyclic amines) is 1. The van der Waals surface area contributed by atoms with E-state index >= 15 is 0 Å². The first kappa shape index (κ1) is 21.9. The van der Waals surface area contributed by atoms with E-state index in [4.69, 9.17) is 10.1 Å². The SMILES string of the molecule is C=C(CC(C)(C)C)N1CC(CC#N)(n2cc(-c3nc(-c4cnn(C)c4)cn4nccc34)cn2)C1. The lowest BCUT2D eigenvalue weighted by atomic mass is 9.83. The van der Waals surface area contributed by atoms with Crippen molar-refractivity contribution in [1.29, 1.82) is 5.26 Å². The van der Waals surface area contributed by atoms with Crippen molar-refractivity contribution >= 4 is 5.52 Å². The molecule has 1 aliphatic heterocycles. The van der Waals surface area contributed by atoms with Crippen molar-refractivity contribution in [2.75, 3.05) is 13.1 Å². The van der Waals surface area contributed by atoms with Crippen LogP contribution < -0.4 is 0 Å². The average molecular weight is 456 g/mol. The van der Waals surface area contributed by atoms with Crippen LogP contribution in [0.1, 0.15) is 33.6 Å². The Morgan fingerprint density at radius 3 is 2.56 bits per heavy atom. The number of hydrogen-bond donors (Lipinski definition) is 0. The zero-order valence-electron chi connectivity index (χ0n) is 20.1. The fourth-order valence-corrected chi connectivity index (χ4v) is 4.63. The van der Waals surface area contributed by atoms with Gasteiger partial charge in [0.1, 0.15) is 5.54 Å². The van der Waals surface area contributed by atoms with Crippen LogP contribution in [0.25, 0.3) is 28.0 Å². The molecule has 1 aliphatic rings. The lowest BCUT2D eigenvalue weighted by Gasteiger charge is -2.51. The van der Waals surface area contributed by atoms with Gasteiger partial charge in [-0.3, -0.25) is 9.36 Å². The van der Waals surface area contributed by atoms with Crippen LogP contribution in [-0.4, -0.2) is 52.1 Å². The van der Waals surface area contributed by atoms with Gasteiger partial charge in [-0.15, -0.1) is 0 Å². The third kappa shape index (κ3) is 3.85. The molecule has 1 saturated heterocycles. The molecule has 4 aromatic rings. The summed E-state index contributed by atoms with van der Waals surface area (Å²) in [4.78, 5) is 7.20. The van der Waals surface area contributed by atoms with Crippen LogP contribution in [-0.2, 0) is 12.6 Å². The number of aromatic nitrogens is 7. The van der Waals surface area contributed by atoms with Gasteiger partial charge in [0, 0.05) is 49.4 Å². The Morgan fingerprint density at radius 1 is 1.12 bits per heavy atom. The number of hydrogen-bond acceptors (Lipinski definition) is 6. The summed E-state index contributed by atoms with van der Waals surface area (Å²) in [7, 11) is 1.88. The van der Waals surface area contributed by atoms with Crippen molar-refractivity contribution < 1.29 is 0 Å². The van der Waals surface area contributed by atoms with Crippen LogP contribution in [0.15, 0.2) is 55.5 Å². The zero-order chi connectivity index (χ0) is 24.1. The molecule has 0 unspecified atom stereocenters. The molecule has 9 nitrogen and oxygen atoms in total. The lowest BCUT2D eigenvalue weighted by molar-refractivity contribution is 0.0268. The van der Waals surface area contributed by atoms with Crippen LogP contribution in [0.5, 0.6) is 0 Å². The highest BCUT2D eigenvalue weighted by atomic mass is 15.4. The number of fused-ring (bicyclic) bond motifs is 1. The fraction of sp³-hybridized carbons (Fsp3) is 0.400. The van der Waals surface area contributed by atoms with Crippen LogP contribution >= 0.6 is 0 Å². The van der Waals surface area contributed by atoms with Gasteiger partial charge in [0.25, 0.3) is 0 Å². The summed E-state index contributed by atoms with van der Waals surface area (Å²) >= 11 is 0. The molecule has 0 amide bonds. The van der Waals surface area contributed by atoms with Crippen molar-refractivity contribution in [2.45, 2.75) is 39.2 Å². The Kier molecular flexibility index (Phi) is 5.04. The molecule has 0 atom stereocenters. The summed E-state index contributed by atoms with van der Waals surface area (Å²) in [6.07, 6.45) is 12.5. The number of allylic oxidation sites excluding steroid dienone is 1. The summed E-state index contributed by atoms with van der Waals surface area (Å²) in [6, 6.07) is 4.31. The molecule has 0 saturated carbocycles. The second kappa shape index (κ2) is 7.83. The third-order valence-electron chi connectivity index (χ3n) is 6.29. The third-order valence-corrected chi connectivity index (χ3v) is 6.29. The summed E-state index contributed by atoms with van der Waals surface area (Å²) in [5, 5.41) is 23.0. The highest BCUT2D eigenvalue weighted by molar-refractivity contribution is 5.78. The first-order valence-electron chi connectivity index (χ1n) is 11.4. The van der Waals surface area contributed by atoms with Crippen molar-refractivity contribution in [1.82, 2.24) is 39.1 Å². The normalized spacial score (nSPS) is 15.3. The average Bonchev–Trinajstić information content (AvgIpc) is 3.48. The van der Waals surface area contributed by atoms with Gasteiger partial charge in [0.15, 0.2) is 0 Å². The van der Waals surface area contributed by atoms with Crippen molar-refractivity contribution in [3.05, 3.63) is 55.5 Å². The van der Waals surface area contributed by atoms with E-state index in [1.807, 2.05) is 47.1 Å². The zero-order valence-corrected chi connectivity index (χ0v) is 20.1. The number of nitrogens with zero attached hydrogens (tertiary/aromatic N) is 9. The second-order valence-corrected chi connectivity index (χ2v) is 10.4. The molecule has 174 valence electrons. The molecule has 0 aromatic carbocycles. The molecular weight excluding hydrogens is 426 g/mol. The largest absolute Gasteiger partial charge is 0.370 e. The Morgan fingerprint density at radius 2 is 1.88 bits per heavy atom. The van der Waals surface area contributed by atoms with E-state index < -0.39 is 0 Å². The minimum atomic E-state index is -0.370. The van der Waals surface area contributed by atoms with Gasteiger partial charge < -0.3 is 4.90 Å². The van der Waals surface area contributed by atoms with E-state index in [1.54, 1.807) is 17.1 Å². The molecular formula is C25H29N9. The molecule has 0 N–H and O–H groups in total. The monoisotopic (exact) mass is 455 g/mol. The molecule has 9 heteroatoms. The maximum Gasteiger partial charge on any atom is 0.110 e. The maximum absolute atomic E-state index is 9.58. The van der Waals surface area contributed by atoms with Gasteiger partial charge in [0.05, 0.1) is 54.2 Å². The molecule has 34 heavy (non-hydrogen) atoms. The first-order valence-corrected chi connectivity index (χ1v) is 11.4. The fourth-order valence-electron chi connectivity index (χ4n) is 4.63. The van der Waals surface area contributed by atoms with Crippen LogP contribution in [0, 0.1) is 16.7 Å². The Labute approximate surface area is 198 Å². The number of aryl methyl sites for hydroxylation is 1. The molecule has 0 radical (unpaired) electrons. The van der Waals surface area contributed by atoms with Gasteiger partial charge in [-0.25, -0.2) is 9.50 Å². The quantitative estimate of drug-likeness (QED) is 0.438. The van der Waals surface area contributed by atoms with Crippen molar-refractivity contribution in [3.63, 3.8) is 0 Å². The minimum Gasteiger partial charge on any atom is -0.370 e. The predicted octanol–water partition coefficient (Wildman–Crippen LogP) is 3.87. The van der Waals surface area contributed by atoms with E-state index in [0.717, 1.165) is 53.2 Å². The van der Waals surface area contributed by atoms with Crippen LogP contribution in [0.3, 0.4) is 0 Å². The minimum absolute atomic E-state index is 0.172. The Hall–Kier alpha value is -3.93. The molecule has 1 fully saturated rings. The summed E-state index contributed by atoms with van der Waals surface area (Å²) in [6.45, 7) is 12.4. The molecule has 5 rings (SSSR count). The summed E-state index contributed by atoms with van der Waals surface area (Å²) in [5.41, 5.74) is 5.20. The molecule has 5 heterocycles. The van der Waals surface area contributed by atoms with Gasteiger partial charge >= 0.3 is 0 Å². The Bertz CT molecular complexity index is 1400. The highest BCUT2D eigenvalue weighted by Gasteiger charge is 2.46. The number of rotatable bonds is 6. The molecule has 0 bridgehead atoms. The van der Waals surface area contributed by atoms with Crippen LogP contribution in [0.2, 0.25) is 0 Å². The first-order chi connectivity index (χ1) is 16.2. The van der Waals surface area contributed by atoms with Gasteiger partial charge in [-0.05, 0) is 17.9 Å². The molecule has 0 aliphatic carbocycles. The topological polar surface area (TPSA) is 92.9 Å². The standard InChI is InChI=1S/C25H29N9/c1-18(10-24(2,3)4)32-16-25(17-32,7-8-26)34-14-20(12-29-34)23-22-6-9-27-33(22)15-21(30-23)19-11-28-31(5)13-19/h6,9,11-15H,1,7,10,16-17H2,2-5H3. The van der Waals surface area contributed by atoms with Gasteiger partial charge in [-0.2, -0.15) is 20.6 Å². The second-order valence-electron chi connectivity index (χ2n) is 10.4. The van der Waals surface area contributed by atoms with Gasteiger partial charge in [-0.1, -0.05) is 27.4 Å². The maximum atomic E-state index is 9.58. The lowest BCUT2D eigenvalue weighted by Crippen LogP contribution is -2.62. The predicted molar refractivity (Wildman–Crippen MR) is 129 cm³/mol. The molecule has 0 spiro atoms. The van der Waals surface area contributed by atoms with E-state index in [-0.39, 0.29) is 11.0 Å². The van der Waals surface area contributed by atoms with E-state index in [1.165, 1.54) is 0 Å². The van der Waals surface area contributed by atoms with E-state index in [2.05, 4.69) is 48.5 Å². The van der Waals surface area contributed by atoms with Crippen molar-refractivity contribution in [3.8, 4) is 28.6 Å².